The predicted octanol–water partition coefficient (Wildman–Crippen LogP) is 2.54. The molecule has 1 aromatic heterocycles. The standard InChI is InChI=1S/C13H19N3O2S/c1-13(2,11(17)18-3)10-7-8-14-12(15-10)16-19-9-5-4-6-9/h7-9H,4-6H2,1-3H3,(H,14,15,16). The lowest BCUT2D eigenvalue weighted by Crippen LogP contribution is -2.31. The lowest BCUT2D eigenvalue weighted by molar-refractivity contribution is -0.146. The van der Waals surface area contributed by atoms with Gasteiger partial charge in [-0.1, -0.05) is 6.42 Å². The van der Waals surface area contributed by atoms with E-state index in [1.54, 1.807) is 38.1 Å². The Balaban J connectivity index is 2.07. The number of aromatic nitrogens is 2. The summed E-state index contributed by atoms with van der Waals surface area (Å²) in [5.74, 6) is 0.246. The van der Waals surface area contributed by atoms with Gasteiger partial charge in [-0.25, -0.2) is 9.97 Å². The molecule has 0 atom stereocenters. The first-order chi connectivity index (χ1) is 9.04. The van der Waals surface area contributed by atoms with Gasteiger partial charge in [-0.15, -0.1) is 0 Å². The molecule has 19 heavy (non-hydrogen) atoms. The zero-order valence-corrected chi connectivity index (χ0v) is 12.3. The molecule has 0 unspecified atom stereocenters. The highest BCUT2D eigenvalue weighted by Gasteiger charge is 2.32. The third-order valence-electron chi connectivity index (χ3n) is 3.36. The molecule has 0 spiro atoms. The number of carbonyl (C=O) groups excluding carboxylic acids is 1. The first-order valence-electron chi connectivity index (χ1n) is 6.37. The van der Waals surface area contributed by atoms with Crippen LogP contribution < -0.4 is 4.72 Å². The van der Waals surface area contributed by atoms with Gasteiger partial charge in [0.05, 0.1) is 12.8 Å². The van der Waals surface area contributed by atoms with E-state index in [0.29, 0.717) is 16.9 Å². The van der Waals surface area contributed by atoms with Crippen LogP contribution in [0.15, 0.2) is 12.3 Å². The summed E-state index contributed by atoms with van der Waals surface area (Å²) in [6.07, 6.45) is 5.45. The van der Waals surface area contributed by atoms with Crippen molar-refractivity contribution in [2.45, 2.75) is 43.8 Å². The number of esters is 1. The molecule has 0 amide bonds. The minimum Gasteiger partial charge on any atom is -0.468 e. The Hall–Kier alpha value is -1.30. The largest absolute Gasteiger partial charge is 0.468 e. The molecule has 0 saturated heterocycles. The minimum atomic E-state index is -0.769. The highest BCUT2D eigenvalue weighted by molar-refractivity contribution is 8.01. The topological polar surface area (TPSA) is 64.1 Å². The second-order valence-electron chi connectivity index (χ2n) is 5.15. The molecule has 0 aliphatic heterocycles. The minimum absolute atomic E-state index is 0.302. The average Bonchev–Trinajstić information content (AvgIpc) is 2.36. The van der Waals surface area contributed by atoms with Crippen LogP contribution in [0.3, 0.4) is 0 Å². The van der Waals surface area contributed by atoms with Gasteiger partial charge < -0.3 is 4.74 Å². The maximum Gasteiger partial charge on any atom is 0.317 e. The van der Waals surface area contributed by atoms with Crippen LogP contribution in [0, 0.1) is 0 Å². The molecular weight excluding hydrogens is 262 g/mol. The normalized spacial score (nSPS) is 15.7. The number of ether oxygens (including phenoxy) is 1. The number of carbonyl (C=O) groups is 1. The number of nitrogens with one attached hydrogen (secondary N) is 1. The van der Waals surface area contributed by atoms with Crippen molar-refractivity contribution < 1.29 is 9.53 Å². The lowest BCUT2D eigenvalue weighted by atomic mass is 9.89. The second-order valence-corrected chi connectivity index (χ2v) is 6.26. The second kappa shape index (κ2) is 5.77. The monoisotopic (exact) mass is 281 g/mol. The van der Waals surface area contributed by atoms with E-state index in [1.165, 1.54) is 26.4 Å². The van der Waals surface area contributed by atoms with Crippen LogP contribution in [-0.2, 0) is 14.9 Å². The molecule has 0 radical (unpaired) electrons. The summed E-state index contributed by atoms with van der Waals surface area (Å²) in [4.78, 5) is 20.3. The van der Waals surface area contributed by atoms with Crippen molar-refractivity contribution in [1.29, 1.82) is 0 Å². The van der Waals surface area contributed by atoms with Crippen LogP contribution >= 0.6 is 11.9 Å². The fraction of sp³-hybridized carbons (Fsp3) is 0.615. The summed E-state index contributed by atoms with van der Waals surface area (Å²) >= 11 is 1.66. The van der Waals surface area contributed by atoms with Gasteiger partial charge in [-0.05, 0) is 44.7 Å². The first kappa shape index (κ1) is 14.1. The number of anilines is 1. The molecule has 104 valence electrons. The molecule has 0 aromatic carbocycles. The number of rotatable bonds is 5. The summed E-state index contributed by atoms with van der Waals surface area (Å²) in [7, 11) is 1.39. The summed E-state index contributed by atoms with van der Waals surface area (Å²) in [5.41, 5.74) is -0.110. The molecule has 5 nitrogen and oxygen atoms in total. The van der Waals surface area contributed by atoms with Gasteiger partial charge in [0, 0.05) is 11.4 Å². The van der Waals surface area contributed by atoms with Crippen molar-refractivity contribution in [2.75, 3.05) is 11.8 Å². The van der Waals surface area contributed by atoms with Gasteiger partial charge in [-0.3, -0.25) is 9.52 Å². The molecule has 1 N–H and O–H groups in total. The Morgan fingerprint density at radius 1 is 1.53 bits per heavy atom. The average molecular weight is 281 g/mol. The summed E-state index contributed by atoms with van der Waals surface area (Å²) in [5, 5.41) is 0.654. The third kappa shape index (κ3) is 3.18. The SMILES string of the molecule is COC(=O)C(C)(C)c1ccnc(NSC2CCC2)n1. The van der Waals surface area contributed by atoms with E-state index < -0.39 is 5.41 Å². The van der Waals surface area contributed by atoms with Gasteiger partial charge in [0.25, 0.3) is 0 Å². The van der Waals surface area contributed by atoms with Crippen LogP contribution in [0.1, 0.15) is 38.8 Å². The molecule has 1 fully saturated rings. The van der Waals surface area contributed by atoms with Gasteiger partial charge in [0.2, 0.25) is 5.95 Å². The van der Waals surface area contributed by atoms with Crippen LogP contribution in [-0.4, -0.2) is 28.3 Å². The summed E-state index contributed by atoms with van der Waals surface area (Å²) < 4.78 is 7.97. The highest BCUT2D eigenvalue weighted by atomic mass is 32.2. The smallest absolute Gasteiger partial charge is 0.317 e. The van der Waals surface area contributed by atoms with Crippen molar-refractivity contribution in [3.8, 4) is 0 Å². The van der Waals surface area contributed by atoms with E-state index in [-0.39, 0.29) is 5.97 Å². The van der Waals surface area contributed by atoms with Crippen LogP contribution in [0.25, 0.3) is 0 Å². The maximum atomic E-state index is 11.8. The van der Waals surface area contributed by atoms with Gasteiger partial charge in [-0.2, -0.15) is 0 Å². The number of nitrogens with zero attached hydrogens (tertiary/aromatic N) is 2. The van der Waals surface area contributed by atoms with Crippen molar-refractivity contribution in [2.24, 2.45) is 0 Å². The quantitative estimate of drug-likeness (QED) is 0.661. The van der Waals surface area contributed by atoms with E-state index >= 15 is 0 Å². The van der Waals surface area contributed by atoms with E-state index in [1.807, 2.05) is 0 Å². The van der Waals surface area contributed by atoms with Crippen LogP contribution in [0.5, 0.6) is 0 Å². The Bertz CT molecular complexity index is 461. The number of methoxy groups -OCH3 is 1. The molecule has 1 aliphatic rings. The predicted molar refractivity (Wildman–Crippen MR) is 75.9 cm³/mol. The first-order valence-corrected chi connectivity index (χ1v) is 7.25. The van der Waals surface area contributed by atoms with Gasteiger partial charge >= 0.3 is 5.97 Å². The van der Waals surface area contributed by atoms with Crippen molar-refractivity contribution in [3.63, 3.8) is 0 Å². The van der Waals surface area contributed by atoms with E-state index in [9.17, 15) is 4.79 Å². The van der Waals surface area contributed by atoms with Crippen LogP contribution in [0.4, 0.5) is 5.95 Å². The molecule has 1 aliphatic carbocycles. The Kier molecular flexibility index (Phi) is 4.29. The van der Waals surface area contributed by atoms with E-state index in [0.717, 1.165) is 0 Å². The van der Waals surface area contributed by atoms with E-state index in [2.05, 4.69) is 14.7 Å². The molecule has 6 heteroatoms. The zero-order chi connectivity index (χ0) is 13.9. The molecule has 1 heterocycles. The van der Waals surface area contributed by atoms with Gasteiger partial charge in [0.1, 0.15) is 5.41 Å². The molecule has 0 bridgehead atoms. The molecule has 1 saturated carbocycles. The Morgan fingerprint density at radius 3 is 2.84 bits per heavy atom. The van der Waals surface area contributed by atoms with Crippen molar-refractivity contribution in [1.82, 2.24) is 9.97 Å². The third-order valence-corrected chi connectivity index (χ3v) is 4.47. The van der Waals surface area contributed by atoms with E-state index in [4.69, 9.17) is 4.74 Å². The van der Waals surface area contributed by atoms with Crippen molar-refractivity contribution in [3.05, 3.63) is 18.0 Å². The Labute approximate surface area is 117 Å². The summed E-state index contributed by atoms with van der Waals surface area (Å²) in [6.45, 7) is 3.59. The van der Waals surface area contributed by atoms with Crippen LogP contribution in [0.2, 0.25) is 0 Å². The van der Waals surface area contributed by atoms with Crippen molar-refractivity contribution >= 4 is 23.9 Å². The maximum absolute atomic E-state index is 11.8. The molecule has 2 rings (SSSR count). The number of hydrogen-bond acceptors (Lipinski definition) is 6. The molecular formula is C13H19N3O2S. The fourth-order valence-corrected chi connectivity index (χ4v) is 2.68. The van der Waals surface area contributed by atoms with Gasteiger partial charge in [0.15, 0.2) is 0 Å². The lowest BCUT2D eigenvalue weighted by Gasteiger charge is -2.24. The zero-order valence-electron chi connectivity index (χ0n) is 11.5. The Morgan fingerprint density at radius 2 is 2.26 bits per heavy atom. The highest BCUT2D eigenvalue weighted by Crippen LogP contribution is 2.31. The molecule has 1 aromatic rings. The number of hydrogen-bond donors (Lipinski definition) is 1. The summed E-state index contributed by atoms with van der Waals surface area (Å²) in [6, 6.07) is 1.75. The fourth-order valence-electron chi connectivity index (χ4n) is 1.74.